The van der Waals surface area contributed by atoms with E-state index in [1.807, 2.05) is 17.0 Å². The third-order valence-corrected chi connectivity index (χ3v) is 5.37. The molecule has 0 fully saturated rings. The molecule has 140 valence electrons. The Labute approximate surface area is 161 Å². The van der Waals surface area contributed by atoms with Crippen LogP contribution in [0.5, 0.6) is 0 Å². The second-order valence-electron chi connectivity index (χ2n) is 7.91. The maximum atomic E-state index is 12.3. The van der Waals surface area contributed by atoms with Crippen molar-refractivity contribution < 1.29 is 0 Å². The maximum Gasteiger partial charge on any atom is 0.328 e. The topological polar surface area (TPSA) is 59.8 Å². The quantitative estimate of drug-likeness (QED) is 0.592. The Morgan fingerprint density at radius 2 is 1.82 bits per heavy atom. The molecule has 0 aliphatic heterocycles. The number of nitrogens with zero attached hydrogens (tertiary/aromatic N) is 2. The summed E-state index contributed by atoms with van der Waals surface area (Å²) in [7, 11) is 0. The summed E-state index contributed by atoms with van der Waals surface area (Å²) in [5, 5.41) is 3.07. The van der Waals surface area contributed by atoms with Crippen molar-refractivity contribution in [1.29, 1.82) is 0 Å². The zero-order chi connectivity index (χ0) is 19.4. The highest BCUT2D eigenvalue weighted by Crippen LogP contribution is 2.37. The van der Waals surface area contributed by atoms with E-state index in [1.165, 1.54) is 27.5 Å². The number of hydrogen-bond donors (Lipinski definition) is 1. The van der Waals surface area contributed by atoms with Gasteiger partial charge in [-0.1, -0.05) is 50.2 Å². The van der Waals surface area contributed by atoms with Gasteiger partial charge in [-0.05, 0) is 39.5 Å². The molecule has 2 heterocycles. The van der Waals surface area contributed by atoms with Gasteiger partial charge in [-0.15, -0.1) is 0 Å². The SMILES string of the molecule is CC(C)Cn1c(=O)[nH]c(=O)c2cn(CC3=Cc4cccc5cccc3c45)cc21. The van der Waals surface area contributed by atoms with Crippen molar-refractivity contribution in [1.82, 2.24) is 14.1 Å². The van der Waals surface area contributed by atoms with Crippen LogP contribution >= 0.6 is 0 Å². The number of aromatic amines is 1. The van der Waals surface area contributed by atoms with E-state index in [9.17, 15) is 9.59 Å². The molecule has 5 heteroatoms. The molecule has 5 rings (SSSR count). The number of allylic oxidation sites excluding steroid dienone is 1. The molecule has 1 N–H and O–H groups in total. The molecule has 0 amide bonds. The minimum Gasteiger partial charge on any atom is -0.347 e. The highest BCUT2D eigenvalue weighted by atomic mass is 16.2. The lowest BCUT2D eigenvalue weighted by atomic mass is 10.0. The van der Waals surface area contributed by atoms with Gasteiger partial charge in [0.25, 0.3) is 5.56 Å². The van der Waals surface area contributed by atoms with E-state index in [2.05, 4.69) is 61.3 Å². The molecule has 0 bridgehead atoms. The maximum absolute atomic E-state index is 12.3. The van der Waals surface area contributed by atoms with Gasteiger partial charge < -0.3 is 4.57 Å². The van der Waals surface area contributed by atoms with E-state index in [0.717, 1.165) is 0 Å². The van der Waals surface area contributed by atoms with Crippen molar-refractivity contribution in [2.45, 2.75) is 26.9 Å². The Balaban J connectivity index is 1.61. The Hall–Kier alpha value is -3.34. The van der Waals surface area contributed by atoms with Gasteiger partial charge in [-0.2, -0.15) is 0 Å². The van der Waals surface area contributed by atoms with Crippen LogP contribution in [0.2, 0.25) is 0 Å². The van der Waals surface area contributed by atoms with Gasteiger partial charge in [0, 0.05) is 25.5 Å². The van der Waals surface area contributed by atoms with E-state index in [4.69, 9.17) is 0 Å². The third-order valence-electron chi connectivity index (χ3n) is 5.37. The summed E-state index contributed by atoms with van der Waals surface area (Å²) in [4.78, 5) is 27.1. The van der Waals surface area contributed by atoms with Crippen molar-refractivity contribution in [3.63, 3.8) is 0 Å². The van der Waals surface area contributed by atoms with Crippen molar-refractivity contribution >= 4 is 33.3 Å². The molecule has 1 aliphatic carbocycles. The van der Waals surface area contributed by atoms with Gasteiger partial charge in [-0.25, -0.2) is 4.79 Å². The molecule has 0 saturated carbocycles. The fourth-order valence-electron chi connectivity index (χ4n) is 4.22. The summed E-state index contributed by atoms with van der Waals surface area (Å²) >= 11 is 0. The number of benzene rings is 2. The van der Waals surface area contributed by atoms with Crippen LogP contribution in [0.3, 0.4) is 0 Å². The molecule has 5 nitrogen and oxygen atoms in total. The highest BCUT2D eigenvalue weighted by Gasteiger charge is 2.17. The fraction of sp³-hybridized carbons (Fsp3) is 0.217. The molecule has 2 aromatic heterocycles. The van der Waals surface area contributed by atoms with Crippen molar-refractivity contribution in [3.8, 4) is 0 Å². The van der Waals surface area contributed by atoms with Crippen LogP contribution in [-0.4, -0.2) is 14.1 Å². The first-order chi connectivity index (χ1) is 13.5. The van der Waals surface area contributed by atoms with Crippen LogP contribution in [0.25, 0.3) is 33.3 Å². The van der Waals surface area contributed by atoms with Crippen LogP contribution in [0, 0.1) is 5.92 Å². The Kier molecular flexibility index (Phi) is 3.66. The summed E-state index contributed by atoms with van der Waals surface area (Å²) in [6.45, 7) is 5.34. The lowest BCUT2D eigenvalue weighted by Gasteiger charge is -2.09. The van der Waals surface area contributed by atoms with E-state index >= 15 is 0 Å². The summed E-state index contributed by atoms with van der Waals surface area (Å²) < 4.78 is 3.67. The molecule has 0 spiro atoms. The fourth-order valence-corrected chi connectivity index (χ4v) is 4.22. The van der Waals surface area contributed by atoms with Gasteiger partial charge in [-0.3, -0.25) is 14.3 Å². The van der Waals surface area contributed by atoms with Crippen molar-refractivity contribution in [2.24, 2.45) is 5.92 Å². The average molecular weight is 371 g/mol. The zero-order valence-corrected chi connectivity index (χ0v) is 15.9. The first-order valence-electron chi connectivity index (χ1n) is 9.56. The number of aromatic nitrogens is 3. The second-order valence-corrected chi connectivity index (χ2v) is 7.91. The molecule has 0 atom stereocenters. The van der Waals surface area contributed by atoms with Gasteiger partial charge in [0.05, 0.1) is 10.9 Å². The summed E-state index contributed by atoms with van der Waals surface area (Å²) in [6, 6.07) is 12.7. The van der Waals surface area contributed by atoms with E-state index in [-0.39, 0.29) is 11.2 Å². The largest absolute Gasteiger partial charge is 0.347 e. The van der Waals surface area contributed by atoms with E-state index < -0.39 is 0 Å². The van der Waals surface area contributed by atoms with Gasteiger partial charge in [0.2, 0.25) is 0 Å². The molecule has 0 saturated heterocycles. The monoisotopic (exact) mass is 371 g/mol. The van der Waals surface area contributed by atoms with Gasteiger partial charge in [0.15, 0.2) is 0 Å². The number of nitrogens with one attached hydrogen (secondary N) is 1. The third kappa shape index (κ3) is 2.54. The summed E-state index contributed by atoms with van der Waals surface area (Å²) in [6.07, 6.45) is 5.97. The van der Waals surface area contributed by atoms with Crippen LogP contribution in [0.1, 0.15) is 25.0 Å². The lowest BCUT2D eigenvalue weighted by Crippen LogP contribution is -2.30. The minimum atomic E-state index is -0.346. The summed E-state index contributed by atoms with van der Waals surface area (Å²) in [5.74, 6) is 0.305. The first kappa shape index (κ1) is 16.8. The van der Waals surface area contributed by atoms with Crippen LogP contribution in [0.15, 0.2) is 58.4 Å². The number of hydrogen-bond acceptors (Lipinski definition) is 2. The van der Waals surface area contributed by atoms with Crippen LogP contribution < -0.4 is 11.2 Å². The zero-order valence-electron chi connectivity index (χ0n) is 15.9. The lowest BCUT2D eigenvalue weighted by molar-refractivity contribution is 0.515. The first-order valence-corrected chi connectivity index (χ1v) is 9.56. The highest BCUT2D eigenvalue weighted by molar-refractivity contribution is 6.09. The Morgan fingerprint density at radius 1 is 1.04 bits per heavy atom. The van der Waals surface area contributed by atoms with Crippen molar-refractivity contribution in [2.75, 3.05) is 0 Å². The molecular weight excluding hydrogens is 350 g/mol. The molecule has 0 unspecified atom stereocenters. The summed E-state index contributed by atoms with van der Waals surface area (Å²) in [5.41, 5.74) is 3.69. The van der Waals surface area contributed by atoms with Crippen LogP contribution in [-0.2, 0) is 13.1 Å². The predicted octanol–water partition coefficient (Wildman–Crippen LogP) is 3.85. The Morgan fingerprint density at radius 3 is 2.61 bits per heavy atom. The van der Waals surface area contributed by atoms with Crippen molar-refractivity contribution in [3.05, 3.63) is 80.8 Å². The molecular formula is C23H21N3O2. The molecule has 28 heavy (non-hydrogen) atoms. The van der Waals surface area contributed by atoms with Gasteiger partial charge >= 0.3 is 5.69 Å². The average Bonchev–Trinajstić information content (AvgIpc) is 3.23. The molecule has 4 aromatic rings. The van der Waals surface area contributed by atoms with Crippen LogP contribution in [0.4, 0.5) is 0 Å². The smallest absolute Gasteiger partial charge is 0.328 e. The molecule has 1 aliphatic rings. The predicted molar refractivity (Wildman–Crippen MR) is 113 cm³/mol. The number of H-pyrrole nitrogens is 1. The normalized spacial score (nSPS) is 13.0. The molecule has 2 aromatic carbocycles. The minimum absolute atomic E-state index is 0.305. The second kappa shape index (κ2) is 6.09. The standard InChI is InChI=1S/C23H21N3O2/c1-14(2)10-26-20-13-25(12-19(20)22(27)24-23(26)28)11-17-9-16-7-3-5-15-6-4-8-18(17)21(15)16/h3-9,12-14H,10-11H2,1-2H3,(H,24,27,28). The van der Waals surface area contributed by atoms with E-state index in [0.29, 0.717) is 29.9 Å². The van der Waals surface area contributed by atoms with E-state index in [1.54, 1.807) is 4.57 Å². The number of rotatable bonds is 4. The molecule has 0 radical (unpaired) electrons. The number of fused-ring (bicyclic) bond motifs is 1. The Bertz CT molecular complexity index is 1380. The van der Waals surface area contributed by atoms with Gasteiger partial charge in [0.1, 0.15) is 0 Å².